The number of nitro groups is 1. The minimum atomic E-state index is -0.391. The van der Waals surface area contributed by atoms with Crippen molar-refractivity contribution in [2.45, 2.75) is 20.4 Å². The first-order chi connectivity index (χ1) is 10.0. The lowest BCUT2D eigenvalue weighted by atomic mass is 10.1. The molecule has 21 heavy (non-hydrogen) atoms. The van der Waals surface area contributed by atoms with Gasteiger partial charge in [0.1, 0.15) is 11.5 Å². The highest BCUT2D eigenvalue weighted by Gasteiger charge is 2.11. The van der Waals surface area contributed by atoms with E-state index in [4.69, 9.17) is 4.74 Å². The lowest BCUT2D eigenvalue weighted by Crippen LogP contribution is -2.05. The fourth-order valence-corrected chi connectivity index (χ4v) is 2.09. The molecule has 0 amide bonds. The van der Waals surface area contributed by atoms with Crippen LogP contribution < -0.4 is 10.1 Å². The zero-order chi connectivity index (χ0) is 15.4. The molecule has 0 radical (unpaired) electrons. The van der Waals surface area contributed by atoms with E-state index >= 15 is 0 Å². The molecule has 2 rings (SSSR count). The van der Waals surface area contributed by atoms with E-state index in [0.29, 0.717) is 11.3 Å². The van der Waals surface area contributed by atoms with Crippen molar-refractivity contribution >= 4 is 5.69 Å². The number of benzene rings is 2. The largest absolute Gasteiger partial charge is 0.457 e. The number of ether oxygens (including phenoxy) is 1. The van der Waals surface area contributed by atoms with Gasteiger partial charge in [0.15, 0.2) is 0 Å². The second-order valence-electron chi connectivity index (χ2n) is 4.94. The predicted octanol–water partition coefficient (Wildman–Crippen LogP) is 3.72. The van der Waals surface area contributed by atoms with Crippen LogP contribution in [0.4, 0.5) is 5.69 Å². The van der Waals surface area contributed by atoms with Crippen LogP contribution in [0.15, 0.2) is 36.4 Å². The van der Waals surface area contributed by atoms with Crippen molar-refractivity contribution in [3.05, 3.63) is 63.2 Å². The Morgan fingerprint density at radius 2 is 1.90 bits per heavy atom. The number of nitrogens with one attached hydrogen (secondary N) is 1. The first-order valence-electron chi connectivity index (χ1n) is 6.68. The van der Waals surface area contributed by atoms with E-state index in [1.54, 1.807) is 19.1 Å². The van der Waals surface area contributed by atoms with Gasteiger partial charge in [0.2, 0.25) is 0 Å². The van der Waals surface area contributed by atoms with Crippen molar-refractivity contribution in [2.75, 3.05) is 7.05 Å². The molecule has 0 fully saturated rings. The number of hydrogen-bond acceptors (Lipinski definition) is 4. The SMILES string of the molecule is CNCc1ccc(C)c(Oc2ccc([N+](=O)[O-])c(C)c2)c1. The van der Waals surface area contributed by atoms with Crippen LogP contribution in [-0.2, 0) is 6.54 Å². The summed E-state index contributed by atoms with van der Waals surface area (Å²) in [6.45, 7) is 4.43. The minimum absolute atomic E-state index is 0.100. The maximum atomic E-state index is 10.8. The smallest absolute Gasteiger partial charge is 0.272 e. The van der Waals surface area contributed by atoms with E-state index in [1.165, 1.54) is 6.07 Å². The van der Waals surface area contributed by atoms with Gasteiger partial charge in [0, 0.05) is 18.2 Å². The van der Waals surface area contributed by atoms with Crippen LogP contribution >= 0.6 is 0 Å². The van der Waals surface area contributed by atoms with E-state index < -0.39 is 4.92 Å². The Labute approximate surface area is 123 Å². The highest BCUT2D eigenvalue weighted by Crippen LogP contribution is 2.29. The quantitative estimate of drug-likeness (QED) is 0.672. The molecule has 0 aliphatic carbocycles. The Bertz CT molecular complexity index is 669. The molecule has 0 aliphatic rings. The molecule has 2 aromatic carbocycles. The summed E-state index contributed by atoms with van der Waals surface area (Å²) in [5.41, 5.74) is 2.83. The lowest BCUT2D eigenvalue weighted by molar-refractivity contribution is -0.385. The predicted molar refractivity (Wildman–Crippen MR) is 81.9 cm³/mol. The lowest BCUT2D eigenvalue weighted by Gasteiger charge is -2.11. The van der Waals surface area contributed by atoms with Crippen LogP contribution in [0.2, 0.25) is 0 Å². The van der Waals surface area contributed by atoms with Gasteiger partial charge >= 0.3 is 0 Å². The normalized spacial score (nSPS) is 10.4. The van der Waals surface area contributed by atoms with Gasteiger partial charge in [0.05, 0.1) is 4.92 Å². The number of hydrogen-bond donors (Lipinski definition) is 1. The van der Waals surface area contributed by atoms with Gasteiger partial charge in [-0.15, -0.1) is 0 Å². The third kappa shape index (κ3) is 3.58. The molecule has 2 aromatic rings. The molecule has 0 saturated carbocycles. The molecular formula is C16H18N2O3. The van der Waals surface area contributed by atoms with Gasteiger partial charge in [-0.3, -0.25) is 10.1 Å². The van der Waals surface area contributed by atoms with Crippen molar-refractivity contribution in [1.82, 2.24) is 5.32 Å². The second-order valence-corrected chi connectivity index (χ2v) is 4.94. The number of nitrogens with zero attached hydrogens (tertiary/aromatic N) is 1. The molecule has 0 aromatic heterocycles. The summed E-state index contributed by atoms with van der Waals surface area (Å²) in [6, 6.07) is 10.8. The third-order valence-electron chi connectivity index (χ3n) is 3.23. The maximum absolute atomic E-state index is 10.8. The molecule has 1 N–H and O–H groups in total. The molecule has 0 atom stereocenters. The van der Waals surface area contributed by atoms with Crippen molar-refractivity contribution in [2.24, 2.45) is 0 Å². The van der Waals surface area contributed by atoms with Crippen LogP contribution in [-0.4, -0.2) is 12.0 Å². The fourth-order valence-electron chi connectivity index (χ4n) is 2.09. The standard InChI is InChI=1S/C16H18N2O3/c1-11-4-5-13(10-17-3)9-16(11)21-14-6-7-15(18(19)20)12(2)8-14/h4-9,17H,10H2,1-3H3. The molecule has 0 saturated heterocycles. The first-order valence-corrected chi connectivity index (χ1v) is 6.68. The average Bonchev–Trinajstić information content (AvgIpc) is 2.42. The van der Waals surface area contributed by atoms with Crippen LogP contribution in [0.1, 0.15) is 16.7 Å². The molecule has 0 bridgehead atoms. The second kappa shape index (κ2) is 6.37. The molecule has 0 unspecified atom stereocenters. The summed E-state index contributed by atoms with van der Waals surface area (Å²) in [6.07, 6.45) is 0. The van der Waals surface area contributed by atoms with Crippen LogP contribution in [0.25, 0.3) is 0 Å². The molecular weight excluding hydrogens is 268 g/mol. The summed E-state index contributed by atoms with van der Waals surface area (Å²) < 4.78 is 5.86. The summed E-state index contributed by atoms with van der Waals surface area (Å²) in [4.78, 5) is 10.4. The van der Waals surface area contributed by atoms with Gasteiger partial charge in [0.25, 0.3) is 5.69 Å². The highest BCUT2D eigenvalue weighted by atomic mass is 16.6. The van der Waals surface area contributed by atoms with Crippen molar-refractivity contribution in [3.63, 3.8) is 0 Å². The number of aryl methyl sites for hydroxylation is 2. The van der Waals surface area contributed by atoms with Gasteiger partial charge in [-0.1, -0.05) is 12.1 Å². The Hall–Kier alpha value is -2.40. The van der Waals surface area contributed by atoms with E-state index in [-0.39, 0.29) is 5.69 Å². The monoisotopic (exact) mass is 286 g/mol. The number of nitro benzene ring substituents is 1. The zero-order valence-corrected chi connectivity index (χ0v) is 12.3. The Balaban J connectivity index is 2.27. The highest BCUT2D eigenvalue weighted by molar-refractivity contribution is 5.47. The molecule has 5 heteroatoms. The summed E-state index contributed by atoms with van der Waals surface area (Å²) in [7, 11) is 1.89. The molecule has 0 spiro atoms. The van der Waals surface area contributed by atoms with Gasteiger partial charge in [-0.25, -0.2) is 0 Å². The molecule has 0 heterocycles. The fraction of sp³-hybridized carbons (Fsp3) is 0.250. The van der Waals surface area contributed by atoms with Crippen molar-refractivity contribution in [3.8, 4) is 11.5 Å². The third-order valence-corrected chi connectivity index (χ3v) is 3.23. The minimum Gasteiger partial charge on any atom is -0.457 e. The Kier molecular flexibility index (Phi) is 4.55. The Morgan fingerprint density at radius 3 is 2.52 bits per heavy atom. The van der Waals surface area contributed by atoms with E-state index in [0.717, 1.165) is 23.4 Å². The maximum Gasteiger partial charge on any atom is 0.272 e. The van der Waals surface area contributed by atoms with E-state index in [1.807, 2.05) is 32.2 Å². The Morgan fingerprint density at radius 1 is 1.14 bits per heavy atom. The number of rotatable bonds is 5. The van der Waals surface area contributed by atoms with E-state index in [9.17, 15) is 10.1 Å². The van der Waals surface area contributed by atoms with Gasteiger partial charge < -0.3 is 10.1 Å². The topological polar surface area (TPSA) is 64.4 Å². The molecule has 5 nitrogen and oxygen atoms in total. The van der Waals surface area contributed by atoms with Gasteiger partial charge in [-0.05, 0) is 50.2 Å². The average molecular weight is 286 g/mol. The van der Waals surface area contributed by atoms with Crippen molar-refractivity contribution < 1.29 is 9.66 Å². The summed E-state index contributed by atoms with van der Waals surface area (Å²) in [5, 5.41) is 13.9. The van der Waals surface area contributed by atoms with Gasteiger partial charge in [-0.2, -0.15) is 0 Å². The van der Waals surface area contributed by atoms with Crippen LogP contribution in [0.3, 0.4) is 0 Å². The first kappa shape index (κ1) is 15.0. The zero-order valence-electron chi connectivity index (χ0n) is 12.3. The molecule has 0 aliphatic heterocycles. The summed E-state index contributed by atoms with van der Waals surface area (Å²) >= 11 is 0. The summed E-state index contributed by atoms with van der Waals surface area (Å²) in [5.74, 6) is 1.36. The molecule has 110 valence electrons. The van der Waals surface area contributed by atoms with Crippen LogP contribution in [0.5, 0.6) is 11.5 Å². The van der Waals surface area contributed by atoms with Crippen molar-refractivity contribution in [1.29, 1.82) is 0 Å². The van der Waals surface area contributed by atoms with E-state index in [2.05, 4.69) is 5.32 Å². The van der Waals surface area contributed by atoms with Crippen LogP contribution in [0, 0.1) is 24.0 Å².